The normalized spacial score (nSPS) is 18.1. The first-order valence-corrected chi connectivity index (χ1v) is 4.31. The number of carbonyl (C=O) groups excluding carboxylic acids is 1. The van der Waals surface area contributed by atoms with Crippen LogP contribution in [0.4, 0.5) is 8.78 Å². The number of pyridine rings is 1. The molecular weight excluding hydrogens is 202 g/mol. The number of Topliss-reactive ketones (excluding diaryl/α,β-unsaturated/α-hetero) is 1. The lowest BCUT2D eigenvalue weighted by Crippen LogP contribution is -2.41. The number of hydrogen-bond donors (Lipinski definition) is 0. The summed E-state index contributed by atoms with van der Waals surface area (Å²) in [4.78, 5) is 14.2. The SMILES string of the molecule is N#CC1(c2c(F)cncc2F)CC(=O)C1. The van der Waals surface area contributed by atoms with Gasteiger partial charge in [-0.05, 0) is 0 Å². The number of nitriles is 1. The number of rotatable bonds is 1. The van der Waals surface area contributed by atoms with Crippen LogP contribution in [0.3, 0.4) is 0 Å². The van der Waals surface area contributed by atoms with E-state index in [2.05, 4.69) is 4.98 Å². The molecule has 0 amide bonds. The van der Waals surface area contributed by atoms with E-state index in [4.69, 9.17) is 5.26 Å². The van der Waals surface area contributed by atoms with Crippen LogP contribution in [-0.2, 0) is 10.2 Å². The van der Waals surface area contributed by atoms with E-state index in [0.29, 0.717) is 0 Å². The molecule has 2 rings (SSSR count). The van der Waals surface area contributed by atoms with Gasteiger partial charge in [-0.15, -0.1) is 0 Å². The van der Waals surface area contributed by atoms with Crippen LogP contribution in [0, 0.1) is 23.0 Å². The molecule has 0 aliphatic heterocycles. The highest BCUT2D eigenvalue weighted by atomic mass is 19.1. The third-order valence-electron chi connectivity index (χ3n) is 2.54. The van der Waals surface area contributed by atoms with E-state index in [1.54, 1.807) is 0 Å². The molecule has 0 radical (unpaired) electrons. The molecule has 1 heterocycles. The Labute approximate surface area is 84.4 Å². The molecule has 1 aromatic rings. The fraction of sp³-hybridized carbons (Fsp3) is 0.300. The summed E-state index contributed by atoms with van der Waals surface area (Å²) in [7, 11) is 0. The van der Waals surface area contributed by atoms with Crippen molar-refractivity contribution < 1.29 is 13.6 Å². The molecule has 1 saturated carbocycles. The Morgan fingerprint density at radius 3 is 2.27 bits per heavy atom. The van der Waals surface area contributed by atoms with Crippen molar-refractivity contribution in [2.24, 2.45) is 0 Å². The van der Waals surface area contributed by atoms with Gasteiger partial charge in [0.2, 0.25) is 0 Å². The van der Waals surface area contributed by atoms with E-state index in [1.807, 2.05) is 6.07 Å². The van der Waals surface area contributed by atoms with Crippen LogP contribution in [0.15, 0.2) is 12.4 Å². The van der Waals surface area contributed by atoms with Crippen LogP contribution in [0.25, 0.3) is 0 Å². The molecule has 0 N–H and O–H groups in total. The van der Waals surface area contributed by atoms with Crippen molar-refractivity contribution in [3.8, 4) is 6.07 Å². The molecule has 0 bridgehead atoms. The summed E-state index contributed by atoms with van der Waals surface area (Å²) >= 11 is 0. The molecule has 1 aliphatic carbocycles. The zero-order valence-corrected chi connectivity index (χ0v) is 7.63. The van der Waals surface area contributed by atoms with Crippen molar-refractivity contribution in [3.05, 3.63) is 29.6 Å². The summed E-state index contributed by atoms with van der Waals surface area (Å²) in [5.74, 6) is -1.90. The third kappa shape index (κ3) is 1.30. The molecular formula is C10H6F2N2O. The molecule has 0 saturated heterocycles. The van der Waals surface area contributed by atoms with Gasteiger partial charge in [0, 0.05) is 18.4 Å². The van der Waals surface area contributed by atoms with Crippen molar-refractivity contribution >= 4 is 5.78 Å². The summed E-state index contributed by atoms with van der Waals surface area (Å²) < 4.78 is 26.6. The van der Waals surface area contributed by atoms with Gasteiger partial charge in [0.25, 0.3) is 0 Å². The molecule has 0 aromatic carbocycles. The first kappa shape index (κ1) is 9.71. The number of nitrogens with zero attached hydrogens (tertiary/aromatic N) is 2. The summed E-state index contributed by atoms with van der Waals surface area (Å²) in [5.41, 5.74) is -1.66. The van der Waals surface area contributed by atoms with E-state index in [0.717, 1.165) is 12.4 Å². The Kier molecular flexibility index (Phi) is 2.00. The quantitative estimate of drug-likeness (QED) is 0.702. The standard InChI is InChI=1S/C10H6F2N2O/c11-7-3-14-4-8(12)9(7)10(5-13)1-6(15)2-10/h3-4H,1-2H2. The summed E-state index contributed by atoms with van der Waals surface area (Å²) in [6.07, 6.45) is 1.45. The number of halogens is 2. The van der Waals surface area contributed by atoms with E-state index in [-0.39, 0.29) is 24.2 Å². The maximum atomic E-state index is 13.3. The van der Waals surface area contributed by atoms with Crippen molar-refractivity contribution in [1.82, 2.24) is 4.98 Å². The Morgan fingerprint density at radius 1 is 1.33 bits per heavy atom. The van der Waals surface area contributed by atoms with Crippen molar-refractivity contribution in [1.29, 1.82) is 5.26 Å². The molecule has 3 nitrogen and oxygen atoms in total. The van der Waals surface area contributed by atoms with Gasteiger partial charge in [-0.3, -0.25) is 9.78 Å². The third-order valence-corrected chi connectivity index (χ3v) is 2.54. The number of aromatic nitrogens is 1. The lowest BCUT2D eigenvalue weighted by atomic mass is 9.64. The van der Waals surface area contributed by atoms with Crippen molar-refractivity contribution in [2.75, 3.05) is 0 Å². The highest BCUT2D eigenvalue weighted by molar-refractivity contribution is 5.90. The summed E-state index contributed by atoms with van der Waals surface area (Å²) in [6, 6.07) is 1.81. The maximum absolute atomic E-state index is 13.3. The molecule has 0 spiro atoms. The molecule has 1 aliphatic rings. The Hall–Kier alpha value is -1.83. The molecule has 1 aromatic heterocycles. The van der Waals surface area contributed by atoms with Gasteiger partial charge in [0.1, 0.15) is 22.8 Å². The van der Waals surface area contributed by atoms with Crippen molar-refractivity contribution in [2.45, 2.75) is 18.3 Å². The molecule has 76 valence electrons. The monoisotopic (exact) mass is 208 g/mol. The highest BCUT2D eigenvalue weighted by Gasteiger charge is 2.48. The molecule has 15 heavy (non-hydrogen) atoms. The summed E-state index contributed by atoms with van der Waals surface area (Å²) in [5, 5.41) is 8.90. The van der Waals surface area contributed by atoms with Gasteiger partial charge in [0.05, 0.1) is 18.5 Å². The second kappa shape index (κ2) is 3.09. The smallest absolute Gasteiger partial charge is 0.149 e. The molecule has 5 heteroatoms. The van der Waals surface area contributed by atoms with Gasteiger partial charge in [-0.2, -0.15) is 5.26 Å². The Morgan fingerprint density at radius 2 is 1.87 bits per heavy atom. The zero-order chi connectivity index (χ0) is 11.1. The number of hydrogen-bond acceptors (Lipinski definition) is 3. The second-order valence-corrected chi connectivity index (χ2v) is 3.56. The van der Waals surface area contributed by atoms with Crippen LogP contribution in [-0.4, -0.2) is 10.8 Å². The van der Waals surface area contributed by atoms with Gasteiger partial charge in [0.15, 0.2) is 0 Å². The van der Waals surface area contributed by atoms with Gasteiger partial charge in [-0.25, -0.2) is 8.78 Å². The van der Waals surface area contributed by atoms with E-state index < -0.39 is 17.0 Å². The molecule has 1 fully saturated rings. The Bertz CT molecular complexity index is 451. The van der Waals surface area contributed by atoms with E-state index >= 15 is 0 Å². The minimum Gasteiger partial charge on any atom is -0.300 e. The number of ketones is 1. The van der Waals surface area contributed by atoms with Crippen LogP contribution in [0.5, 0.6) is 0 Å². The second-order valence-electron chi connectivity index (χ2n) is 3.56. The predicted octanol–water partition coefficient (Wildman–Crippen LogP) is 1.48. The van der Waals surface area contributed by atoms with Crippen molar-refractivity contribution in [3.63, 3.8) is 0 Å². The lowest BCUT2D eigenvalue weighted by molar-refractivity contribution is -0.126. The maximum Gasteiger partial charge on any atom is 0.149 e. The minimum absolute atomic E-state index is 0.124. The van der Waals surface area contributed by atoms with Crippen LogP contribution >= 0.6 is 0 Å². The first-order chi connectivity index (χ1) is 7.09. The number of carbonyl (C=O) groups is 1. The average molecular weight is 208 g/mol. The summed E-state index contributed by atoms with van der Waals surface area (Å²) in [6.45, 7) is 0. The van der Waals surface area contributed by atoms with Crippen LogP contribution < -0.4 is 0 Å². The molecule has 0 atom stereocenters. The predicted molar refractivity (Wildman–Crippen MR) is 45.7 cm³/mol. The van der Waals surface area contributed by atoms with E-state index in [1.165, 1.54) is 0 Å². The first-order valence-electron chi connectivity index (χ1n) is 4.31. The highest BCUT2D eigenvalue weighted by Crippen LogP contribution is 2.42. The lowest BCUT2D eigenvalue weighted by Gasteiger charge is -2.34. The van der Waals surface area contributed by atoms with Gasteiger partial charge < -0.3 is 0 Å². The molecule has 0 unspecified atom stereocenters. The topological polar surface area (TPSA) is 53.8 Å². The fourth-order valence-electron chi connectivity index (χ4n) is 1.80. The van der Waals surface area contributed by atoms with Crippen LogP contribution in [0.1, 0.15) is 18.4 Å². The Balaban J connectivity index is 2.54. The fourth-order valence-corrected chi connectivity index (χ4v) is 1.80. The van der Waals surface area contributed by atoms with Crippen LogP contribution in [0.2, 0.25) is 0 Å². The average Bonchev–Trinajstić information content (AvgIpc) is 2.14. The minimum atomic E-state index is -1.33. The largest absolute Gasteiger partial charge is 0.300 e. The van der Waals surface area contributed by atoms with Gasteiger partial charge >= 0.3 is 0 Å². The zero-order valence-electron chi connectivity index (χ0n) is 7.63. The van der Waals surface area contributed by atoms with Gasteiger partial charge in [-0.1, -0.05) is 0 Å². The van der Waals surface area contributed by atoms with E-state index in [9.17, 15) is 13.6 Å².